The minimum Gasteiger partial charge on any atom is -0.373 e. The van der Waals surface area contributed by atoms with Gasteiger partial charge in [0.05, 0.1) is 13.2 Å². The molecule has 1 heteroatoms. The molecule has 1 nitrogen and oxygen atoms in total. The average molecular weight is 381 g/mol. The predicted molar refractivity (Wildman–Crippen MR) is 120 cm³/mol. The van der Waals surface area contributed by atoms with E-state index in [0.29, 0.717) is 0 Å². The molecule has 2 aliphatic carbocycles. The Hall–Kier alpha value is -1.34. The van der Waals surface area contributed by atoms with Crippen molar-refractivity contribution < 1.29 is 4.74 Å². The molecule has 0 spiro atoms. The summed E-state index contributed by atoms with van der Waals surface area (Å²) in [7, 11) is 0. The lowest BCUT2D eigenvalue weighted by Gasteiger charge is -2.38. The zero-order valence-electron chi connectivity index (χ0n) is 18.0. The Bertz CT molecular complexity index is 583. The molecule has 0 bridgehead atoms. The summed E-state index contributed by atoms with van der Waals surface area (Å²) < 4.78 is 5.72. The molecule has 0 N–H and O–H groups in total. The topological polar surface area (TPSA) is 9.23 Å². The molecule has 0 radical (unpaired) electrons. The van der Waals surface area contributed by atoms with Crippen LogP contribution >= 0.6 is 0 Å². The highest BCUT2D eigenvalue weighted by atomic mass is 16.5. The Labute approximate surface area is 173 Å². The summed E-state index contributed by atoms with van der Waals surface area (Å²) in [5.41, 5.74) is 2.83. The van der Waals surface area contributed by atoms with Gasteiger partial charge in [-0.25, -0.2) is 0 Å². The molecule has 0 aliphatic heterocycles. The number of rotatable bonds is 9. The Morgan fingerprint density at radius 1 is 0.893 bits per heavy atom. The first-order valence-electron chi connectivity index (χ1n) is 11.7. The lowest BCUT2D eigenvalue weighted by atomic mass is 9.68. The SMILES string of the molecule is C=CC[C@H]1CC[C@H](C2CCC(c3ccc(COCC=CCC)cc3)CC2)CC1. The van der Waals surface area contributed by atoms with Crippen LogP contribution in [0.2, 0.25) is 0 Å². The first kappa shape index (κ1) is 21.4. The van der Waals surface area contributed by atoms with Gasteiger partial charge in [0.15, 0.2) is 0 Å². The van der Waals surface area contributed by atoms with Crippen molar-refractivity contribution in [3.63, 3.8) is 0 Å². The maximum atomic E-state index is 5.72. The molecule has 0 unspecified atom stereocenters. The number of benzene rings is 1. The van der Waals surface area contributed by atoms with Crippen molar-refractivity contribution in [3.05, 3.63) is 60.2 Å². The zero-order chi connectivity index (χ0) is 19.6. The molecule has 1 aromatic rings. The van der Waals surface area contributed by atoms with Gasteiger partial charge in [-0.05, 0) is 99.0 Å². The Balaban J connectivity index is 1.40. The number of allylic oxidation sites excluding steroid dienone is 2. The molecular formula is C27H40O. The van der Waals surface area contributed by atoms with Crippen LogP contribution in [0.4, 0.5) is 0 Å². The Morgan fingerprint density at radius 3 is 2.14 bits per heavy atom. The molecule has 0 heterocycles. The molecule has 2 aliphatic rings. The van der Waals surface area contributed by atoms with Crippen LogP contribution in [0.15, 0.2) is 49.1 Å². The van der Waals surface area contributed by atoms with E-state index < -0.39 is 0 Å². The smallest absolute Gasteiger partial charge is 0.0721 e. The van der Waals surface area contributed by atoms with E-state index in [1.807, 2.05) is 0 Å². The normalized spacial score (nSPS) is 28.5. The molecule has 0 saturated heterocycles. The van der Waals surface area contributed by atoms with E-state index in [-0.39, 0.29) is 0 Å². The van der Waals surface area contributed by atoms with Crippen LogP contribution < -0.4 is 0 Å². The lowest BCUT2D eigenvalue weighted by molar-refractivity contribution is 0.148. The largest absolute Gasteiger partial charge is 0.373 e. The van der Waals surface area contributed by atoms with Crippen molar-refractivity contribution >= 4 is 0 Å². The van der Waals surface area contributed by atoms with Crippen LogP contribution in [0.5, 0.6) is 0 Å². The van der Waals surface area contributed by atoms with Crippen molar-refractivity contribution in [2.45, 2.75) is 83.7 Å². The second-order valence-corrected chi connectivity index (χ2v) is 9.05. The highest BCUT2D eigenvalue weighted by Crippen LogP contribution is 2.44. The van der Waals surface area contributed by atoms with Gasteiger partial charge in [0.1, 0.15) is 0 Å². The standard InChI is InChI=1S/C27H40O/c1-3-5-6-20-28-21-23-10-14-25(15-11-23)27-18-16-26(17-19-27)24-12-8-22(7-4-2)9-13-24/h4-6,10-11,14-15,22,24,26-27H,2-3,7-9,12-13,16-21H2,1H3/t22-,24-,26?,27?. The molecule has 0 amide bonds. The second kappa shape index (κ2) is 11.6. The fourth-order valence-corrected chi connectivity index (χ4v) is 5.42. The van der Waals surface area contributed by atoms with E-state index in [0.717, 1.165) is 43.3 Å². The fourth-order valence-electron chi connectivity index (χ4n) is 5.42. The van der Waals surface area contributed by atoms with E-state index in [1.54, 1.807) is 5.56 Å². The highest BCUT2D eigenvalue weighted by Gasteiger charge is 2.30. The van der Waals surface area contributed by atoms with E-state index in [1.165, 1.54) is 63.4 Å². The minimum atomic E-state index is 0.717. The summed E-state index contributed by atoms with van der Waals surface area (Å²) in [6.07, 6.45) is 20.2. The molecule has 154 valence electrons. The van der Waals surface area contributed by atoms with Crippen molar-refractivity contribution in [1.82, 2.24) is 0 Å². The third-order valence-electron chi connectivity index (χ3n) is 7.17. The fraction of sp³-hybridized carbons (Fsp3) is 0.630. The van der Waals surface area contributed by atoms with Gasteiger partial charge >= 0.3 is 0 Å². The van der Waals surface area contributed by atoms with Gasteiger partial charge in [-0.2, -0.15) is 0 Å². The maximum Gasteiger partial charge on any atom is 0.0721 e. The Morgan fingerprint density at radius 2 is 1.54 bits per heavy atom. The summed E-state index contributed by atoms with van der Waals surface area (Å²) in [5, 5.41) is 0. The molecule has 3 rings (SSSR count). The molecule has 2 saturated carbocycles. The lowest BCUT2D eigenvalue weighted by Crippen LogP contribution is -2.25. The van der Waals surface area contributed by atoms with Crippen molar-refractivity contribution in [2.24, 2.45) is 17.8 Å². The van der Waals surface area contributed by atoms with E-state index in [4.69, 9.17) is 4.74 Å². The van der Waals surface area contributed by atoms with Crippen LogP contribution in [0.3, 0.4) is 0 Å². The van der Waals surface area contributed by atoms with Crippen molar-refractivity contribution in [1.29, 1.82) is 0 Å². The first-order valence-corrected chi connectivity index (χ1v) is 11.7. The van der Waals surface area contributed by atoms with Crippen LogP contribution in [-0.4, -0.2) is 6.61 Å². The maximum absolute atomic E-state index is 5.72. The zero-order valence-corrected chi connectivity index (χ0v) is 18.0. The summed E-state index contributed by atoms with van der Waals surface area (Å²) in [6, 6.07) is 9.25. The van der Waals surface area contributed by atoms with Gasteiger partial charge in [-0.1, -0.05) is 49.4 Å². The molecule has 2 fully saturated rings. The van der Waals surface area contributed by atoms with Gasteiger partial charge in [0, 0.05) is 0 Å². The minimum absolute atomic E-state index is 0.717. The monoisotopic (exact) mass is 380 g/mol. The van der Waals surface area contributed by atoms with Gasteiger partial charge in [-0.3, -0.25) is 0 Å². The molecular weight excluding hydrogens is 340 g/mol. The highest BCUT2D eigenvalue weighted by molar-refractivity contribution is 5.25. The van der Waals surface area contributed by atoms with Crippen LogP contribution in [0.1, 0.15) is 88.2 Å². The van der Waals surface area contributed by atoms with Gasteiger partial charge in [-0.15, -0.1) is 6.58 Å². The van der Waals surface area contributed by atoms with E-state index in [2.05, 4.69) is 56.0 Å². The van der Waals surface area contributed by atoms with Crippen LogP contribution in [0.25, 0.3) is 0 Å². The number of ether oxygens (including phenoxy) is 1. The number of hydrogen-bond donors (Lipinski definition) is 0. The molecule has 0 atom stereocenters. The van der Waals surface area contributed by atoms with E-state index in [9.17, 15) is 0 Å². The van der Waals surface area contributed by atoms with Crippen LogP contribution in [-0.2, 0) is 11.3 Å². The Kier molecular flexibility index (Phi) is 8.86. The third kappa shape index (κ3) is 6.34. The molecule has 28 heavy (non-hydrogen) atoms. The molecule has 1 aromatic carbocycles. The quantitative estimate of drug-likeness (QED) is 0.313. The summed E-state index contributed by atoms with van der Waals surface area (Å²) >= 11 is 0. The van der Waals surface area contributed by atoms with Crippen molar-refractivity contribution in [3.8, 4) is 0 Å². The summed E-state index contributed by atoms with van der Waals surface area (Å²) in [5.74, 6) is 3.69. The molecule has 0 aromatic heterocycles. The average Bonchev–Trinajstić information content (AvgIpc) is 2.75. The van der Waals surface area contributed by atoms with E-state index >= 15 is 0 Å². The summed E-state index contributed by atoms with van der Waals surface area (Å²) in [4.78, 5) is 0. The van der Waals surface area contributed by atoms with Gasteiger partial charge < -0.3 is 4.74 Å². The van der Waals surface area contributed by atoms with Gasteiger partial charge in [0.2, 0.25) is 0 Å². The number of hydrogen-bond acceptors (Lipinski definition) is 1. The predicted octanol–water partition coefficient (Wildman–Crippen LogP) is 7.83. The van der Waals surface area contributed by atoms with Gasteiger partial charge in [0.25, 0.3) is 0 Å². The van der Waals surface area contributed by atoms with Crippen LogP contribution in [0, 0.1) is 17.8 Å². The first-order chi connectivity index (χ1) is 13.8. The third-order valence-corrected chi connectivity index (χ3v) is 7.17. The van der Waals surface area contributed by atoms with Crippen molar-refractivity contribution in [2.75, 3.05) is 6.61 Å². The summed E-state index contributed by atoms with van der Waals surface area (Å²) in [6.45, 7) is 7.51. The second-order valence-electron chi connectivity index (χ2n) is 9.05.